The summed E-state index contributed by atoms with van der Waals surface area (Å²) < 4.78 is 0. The molecule has 1 heterocycles. The summed E-state index contributed by atoms with van der Waals surface area (Å²) in [5, 5.41) is 18.8. The fourth-order valence-electron chi connectivity index (χ4n) is 3.75. The summed E-state index contributed by atoms with van der Waals surface area (Å²) in [5.74, 6) is -1.19. The minimum absolute atomic E-state index is 0.0447. The Labute approximate surface area is 191 Å². The summed E-state index contributed by atoms with van der Waals surface area (Å²) in [6, 6.07) is 4.95. The van der Waals surface area contributed by atoms with E-state index in [1.54, 1.807) is 32.0 Å². The molecule has 9 nitrogen and oxygen atoms in total. The standard InChI is InChI=1S/C22H28ClN5O4/c1-22(2,32)13-6-9-15(23)16(10-13)28-19(29)12-4-7-14(8-5-12)27-21(31)18-17(20(30)24-3)25-11-26-18/h6,9-12,14,32H,4-5,7-8H2,1-3H3,(H,24,30)(H,25,26)(H,27,31)(H,28,29)/t12-,14-. The average Bonchev–Trinajstić information content (AvgIpc) is 3.24. The maximum absolute atomic E-state index is 12.8. The van der Waals surface area contributed by atoms with E-state index in [1.165, 1.54) is 13.4 Å². The quantitative estimate of drug-likeness (QED) is 0.450. The molecule has 1 aromatic carbocycles. The Morgan fingerprint density at radius 3 is 2.47 bits per heavy atom. The summed E-state index contributed by atoms with van der Waals surface area (Å²) in [4.78, 5) is 43.7. The first kappa shape index (κ1) is 23.7. The van der Waals surface area contributed by atoms with Crippen molar-refractivity contribution >= 4 is 35.0 Å². The molecule has 3 amide bonds. The van der Waals surface area contributed by atoms with Gasteiger partial charge in [0, 0.05) is 19.0 Å². The zero-order valence-electron chi connectivity index (χ0n) is 18.3. The number of aromatic amines is 1. The number of rotatable bonds is 6. The van der Waals surface area contributed by atoms with Gasteiger partial charge in [-0.15, -0.1) is 0 Å². The number of carbonyl (C=O) groups is 3. The molecule has 5 N–H and O–H groups in total. The lowest BCUT2D eigenvalue weighted by atomic mass is 9.85. The van der Waals surface area contributed by atoms with Gasteiger partial charge in [0.1, 0.15) is 5.69 Å². The van der Waals surface area contributed by atoms with E-state index >= 15 is 0 Å². The van der Waals surface area contributed by atoms with E-state index in [4.69, 9.17) is 11.6 Å². The van der Waals surface area contributed by atoms with Gasteiger partial charge in [0.2, 0.25) is 5.91 Å². The third kappa shape index (κ3) is 5.46. The molecule has 172 valence electrons. The van der Waals surface area contributed by atoms with Crippen LogP contribution in [-0.2, 0) is 10.4 Å². The van der Waals surface area contributed by atoms with Gasteiger partial charge in [-0.1, -0.05) is 17.7 Å². The van der Waals surface area contributed by atoms with Crippen LogP contribution in [0.15, 0.2) is 24.5 Å². The van der Waals surface area contributed by atoms with Crippen LogP contribution in [0.3, 0.4) is 0 Å². The van der Waals surface area contributed by atoms with Crippen LogP contribution in [0, 0.1) is 5.92 Å². The Morgan fingerprint density at radius 2 is 1.84 bits per heavy atom. The largest absolute Gasteiger partial charge is 0.386 e. The van der Waals surface area contributed by atoms with E-state index < -0.39 is 17.4 Å². The van der Waals surface area contributed by atoms with Crippen molar-refractivity contribution in [2.75, 3.05) is 12.4 Å². The molecule has 0 saturated heterocycles. The first-order valence-corrected chi connectivity index (χ1v) is 10.9. The van der Waals surface area contributed by atoms with Crippen LogP contribution >= 0.6 is 11.6 Å². The monoisotopic (exact) mass is 461 g/mol. The van der Waals surface area contributed by atoms with Crippen molar-refractivity contribution in [1.29, 1.82) is 0 Å². The number of imidazole rings is 1. The zero-order chi connectivity index (χ0) is 23.5. The van der Waals surface area contributed by atoms with Crippen LogP contribution in [0.5, 0.6) is 0 Å². The molecule has 0 bridgehead atoms. The van der Waals surface area contributed by atoms with E-state index in [2.05, 4.69) is 25.9 Å². The molecular formula is C22H28ClN5O4. The summed E-state index contributed by atoms with van der Waals surface area (Å²) in [6.45, 7) is 3.33. The predicted molar refractivity (Wildman–Crippen MR) is 121 cm³/mol. The number of anilines is 1. The highest BCUT2D eigenvalue weighted by Crippen LogP contribution is 2.31. The Bertz CT molecular complexity index is 1010. The van der Waals surface area contributed by atoms with E-state index in [0.29, 0.717) is 42.0 Å². The molecule has 1 aromatic heterocycles. The lowest BCUT2D eigenvalue weighted by molar-refractivity contribution is -0.120. The fourth-order valence-corrected chi connectivity index (χ4v) is 3.92. The first-order valence-electron chi connectivity index (χ1n) is 10.5. The number of nitrogens with one attached hydrogen (secondary N) is 4. The second kappa shape index (κ2) is 9.70. The van der Waals surface area contributed by atoms with Gasteiger partial charge in [-0.3, -0.25) is 14.4 Å². The Balaban J connectivity index is 1.56. The number of aliphatic hydroxyl groups is 1. The molecule has 0 aliphatic heterocycles. The third-order valence-electron chi connectivity index (χ3n) is 5.67. The van der Waals surface area contributed by atoms with Crippen molar-refractivity contribution in [3.63, 3.8) is 0 Å². The van der Waals surface area contributed by atoms with Gasteiger partial charge in [0.15, 0.2) is 5.69 Å². The number of carbonyl (C=O) groups excluding carboxylic acids is 3. The van der Waals surface area contributed by atoms with Gasteiger partial charge in [0.05, 0.1) is 22.6 Å². The molecular weight excluding hydrogens is 434 g/mol. The van der Waals surface area contributed by atoms with Crippen LogP contribution in [-0.4, -0.2) is 45.9 Å². The molecule has 0 spiro atoms. The number of hydrogen-bond donors (Lipinski definition) is 5. The average molecular weight is 462 g/mol. The highest BCUT2D eigenvalue weighted by atomic mass is 35.5. The normalized spacial score (nSPS) is 18.7. The molecule has 2 aromatic rings. The van der Waals surface area contributed by atoms with Gasteiger partial charge >= 0.3 is 0 Å². The van der Waals surface area contributed by atoms with E-state index in [1.807, 2.05) is 0 Å². The maximum atomic E-state index is 12.8. The molecule has 1 aliphatic carbocycles. The van der Waals surface area contributed by atoms with Crippen molar-refractivity contribution in [3.8, 4) is 0 Å². The third-order valence-corrected chi connectivity index (χ3v) is 6.00. The van der Waals surface area contributed by atoms with Crippen molar-refractivity contribution in [2.24, 2.45) is 5.92 Å². The molecule has 0 unspecified atom stereocenters. The second-order valence-electron chi connectivity index (χ2n) is 8.47. The smallest absolute Gasteiger partial charge is 0.272 e. The molecule has 0 radical (unpaired) electrons. The summed E-state index contributed by atoms with van der Waals surface area (Å²) >= 11 is 6.22. The van der Waals surface area contributed by atoms with Gasteiger partial charge in [-0.25, -0.2) is 4.98 Å². The predicted octanol–water partition coefficient (Wildman–Crippen LogP) is 2.58. The van der Waals surface area contributed by atoms with Crippen LogP contribution in [0.1, 0.15) is 66.1 Å². The molecule has 1 fully saturated rings. The van der Waals surface area contributed by atoms with Crippen molar-refractivity contribution in [3.05, 3.63) is 46.5 Å². The van der Waals surface area contributed by atoms with Gasteiger partial charge in [-0.05, 0) is 57.2 Å². The number of benzene rings is 1. The van der Waals surface area contributed by atoms with Crippen LogP contribution in [0.25, 0.3) is 0 Å². The van der Waals surface area contributed by atoms with Crippen molar-refractivity contribution < 1.29 is 19.5 Å². The highest BCUT2D eigenvalue weighted by molar-refractivity contribution is 6.33. The van der Waals surface area contributed by atoms with Gasteiger partial charge in [-0.2, -0.15) is 0 Å². The summed E-state index contributed by atoms with van der Waals surface area (Å²) in [7, 11) is 1.47. The molecule has 32 heavy (non-hydrogen) atoms. The fraction of sp³-hybridized carbons (Fsp3) is 0.455. The second-order valence-corrected chi connectivity index (χ2v) is 8.88. The van der Waals surface area contributed by atoms with Crippen molar-refractivity contribution in [1.82, 2.24) is 20.6 Å². The zero-order valence-corrected chi connectivity index (χ0v) is 19.0. The highest BCUT2D eigenvalue weighted by Gasteiger charge is 2.29. The molecule has 1 aliphatic rings. The summed E-state index contributed by atoms with van der Waals surface area (Å²) in [5.41, 5.74) is 0.229. The minimum atomic E-state index is -1.05. The summed E-state index contributed by atoms with van der Waals surface area (Å²) in [6.07, 6.45) is 3.77. The van der Waals surface area contributed by atoms with Crippen LogP contribution in [0.2, 0.25) is 5.02 Å². The number of aromatic nitrogens is 2. The first-order chi connectivity index (χ1) is 15.1. The molecule has 0 atom stereocenters. The van der Waals surface area contributed by atoms with Crippen LogP contribution in [0.4, 0.5) is 5.69 Å². The number of amides is 3. The van der Waals surface area contributed by atoms with E-state index in [-0.39, 0.29) is 29.3 Å². The van der Waals surface area contributed by atoms with Crippen LogP contribution < -0.4 is 16.0 Å². The maximum Gasteiger partial charge on any atom is 0.272 e. The number of nitrogens with zero attached hydrogens (tertiary/aromatic N) is 1. The van der Waals surface area contributed by atoms with E-state index in [9.17, 15) is 19.5 Å². The number of halogens is 1. The Hall–Kier alpha value is -2.91. The van der Waals surface area contributed by atoms with Gasteiger partial charge < -0.3 is 26.0 Å². The lowest BCUT2D eigenvalue weighted by Gasteiger charge is -2.28. The minimum Gasteiger partial charge on any atom is -0.386 e. The Morgan fingerprint density at radius 1 is 1.16 bits per heavy atom. The van der Waals surface area contributed by atoms with Gasteiger partial charge in [0.25, 0.3) is 11.8 Å². The molecule has 3 rings (SSSR count). The molecule has 1 saturated carbocycles. The Kier molecular flexibility index (Phi) is 7.20. The SMILES string of the molecule is CNC(=O)c1nc[nH]c1C(=O)N[C@H]1CC[C@H](C(=O)Nc2cc(C(C)(C)O)ccc2Cl)CC1. The van der Waals surface area contributed by atoms with E-state index in [0.717, 1.165) is 0 Å². The van der Waals surface area contributed by atoms with Crippen molar-refractivity contribution in [2.45, 2.75) is 51.2 Å². The molecule has 10 heteroatoms. The number of hydrogen-bond acceptors (Lipinski definition) is 5. The topological polar surface area (TPSA) is 136 Å². The lowest BCUT2D eigenvalue weighted by Crippen LogP contribution is -2.40. The number of H-pyrrole nitrogens is 1.